The second-order valence-corrected chi connectivity index (χ2v) is 6.18. The Labute approximate surface area is 124 Å². The van der Waals surface area contributed by atoms with Gasteiger partial charge in [0.15, 0.2) is 0 Å². The Morgan fingerprint density at radius 3 is 2.15 bits per heavy atom. The number of imide groups is 1. The Morgan fingerprint density at radius 2 is 1.80 bits per heavy atom. The molecule has 0 N–H and O–H groups in total. The fraction of sp³-hybridized carbons (Fsp3) is 0.714. The van der Waals surface area contributed by atoms with E-state index < -0.39 is 10.4 Å². The van der Waals surface area contributed by atoms with Crippen LogP contribution in [0.2, 0.25) is 0 Å². The zero-order valence-electron chi connectivity index (χ0n) is 12.4. The van der Waals surface area contributed by atoms with E-state index in [1.165, 1.54) is 0 Å². The van der Waals surface area contributed by atoms with Crippen molar-refractivity contribution < 1.29 is 9.59 Å². The predicted octanol–water partition coefficient (Wildman–Crippen LogP) is 2.63. The summed E-state index contributed by atoms with van der Waals surface area (Å²) in [6.45, 7) is 7.05. The number of halogens is 1. The fourth-order valence-corrected chi connectivity index (χ4v) is 1.91. The van der Waals surface area contributed by atoms with Crippen molar-refractivity contribution in [3.8, 4) is 6.07 Å². The van der Waals surface area contributed by atoms with Crippen molar-refractivity contribution in [2.45, 2.75) is 63.8 Å². The van der Waals surface area contributed by atoms with E-state index in [9.17, 15) is 14.9 Å². The highest BCUT2D eigenvalue weighted by molar-refractivity contribution is 6.38. The third kappa shape index (κ3) is 3.18. The molecule has 0 saturated carbocycles. The summed E-state index contributed by atoms with van der Waals surface area (Å²) in [6.07, 6.45) is 1.31. The summed E-state index contributed by atoms with van der Waals surface area (Å²) in [5.74, 6) is -0.406. The van der Waals surface area contributed by atoms with Gasteiger partial charge >= 0.3 is 0 Å². The topological polar surface area (TPSA) is 73.5 Å². The monoisotopic (exact) mass is 297 g/mol. The maximum atomic E-state index is 11.9. The molecule has 1 aliphatic rings. The third-order valence-corrected chi connectivity index (χ3v) is 4.11. The smallest absolute Gasteiger partial charge is 0.235 e. The molecular weight excluding hydrogens is 278 g/mol. The van der Waals surface area contributed by atoms with Crippen LogP contribution in [0.5, 0.6) is 0 Å². The minimum atomic E-state index is -0.996. The van der Waals surface area contributed by atoms with E-state index in [1.807, 2.05) is 13.8 Å². The first-order valence-electron chi connectivity index (χ1n) is 6.77. The minimum absolute atomic E-state index is 0.171. The zero-order chi connectivity index (χ0) is 15.6. The summed E-state index contributed by atoms with van der Waals surface area (Å²) in [4.78, 5) is 28.3. The van der Waals surface area contributed by atoms with E-state index in [2.05, 4.69) is 11.1 Å². The van der Waals surface area contributed by atoms with Gasteiger partial charge in [0.05, 0.1) is 10.9 Å². The van der Waals surface area contributed by atoms with Crippen LogP contribution in [0.1, 0.15) is 53.4 Å². The van der Waals surface area contributed by atoms with Crippen molar-refractivity contribution in [1.82, 2.24) is 4.90 Å². The molecule has 0 radical (unpaired) electrons. The van der Waals surface area contributed by atoms with Gasteiger partial charge in [-0.3, -0.25) is 9.59 Å². The van der Waals surface area contributed by atoms with Gasteiger partial charge in [0.25, 0.3) is 0 Å². The van der Waals surface area contributed by atoms with Gasteiger partial charge in [-0.25, -0.2) is 9.89 Å². The lowest BCUT2D eigenvalue weighted by Gasteiger charge is -2.30. The van der Waals surface area contributed by atoms with Crippen LogP contribution in [-0.4, -0.2) is 33.0 Å². The van der Waals surface area contributed by atoms with Gasteiger partial charge in [0.1, 0.15) is 11.4 Å². The number of aliphatic imine (C=N–C) groups is 1. The van der Waals surface area contributed by atoms with E-state index in [-0.39, 0.29) is 30.5 Å². The summed E-state index contributed by atoms with van der Waals surface area (Å²) in [5.41, 5.74) is -0.996. The standard InChI is InChI=1S/C14H20ClN3O2/c1-5-13(3,9-16)17-12(14(4,15)6-2)18-10(19)7-8-11(18)20/h5-8H2,1-4H3/t13-,14-/m1/s1. The molecule has 0 aliphatic carbocycles. The van der Waals surface area contributed by atoms with Crippen molar-refractivity contribution in [2.24, 2.45) is 4.99 Å². The SMILES string of the molecule is CC[C@](C)(C#N)N=C(N1C(=O)CCC1=O)[C@](C)(Cl)CC. The van der Waals surface area contributed by atoms with Crippen LogP contribution in [0.15, 0.2) is 4.99 Å². The average Bonchev–Trinajstić information content (AvgIpc) is 2.75. The summed E-state index contributed by atoms with van der Waals surface area (Å²) in [6, 6.07) is 2.11. The Kier molecular flexibility index (Phi) is 4.93. The van der Waals surface area contributed by atoms with Crippen LogP contribution in [0.3, 0.4) is 0 Å². The van der Waals surface area contributed by atoms with Gasteiger partial charge in [-0.1, -0.05) is 13.8 Å². The molecule has 1 heterocycles. The van der Waals surface area contributed by atoms with Crippen molar-refractivity contribution in [3.63, 3.8) is 0 Å². The molecule has 0 aromatic carbocycles. The van der Waals surface area contributed by atoms with E-state index in [4.69, 9.17) is 11.6 Å². The number of rotatable bonds is 4. The van der Waals surface area contributed by atoms with Gasteiger partial charge in [0, 0.05) is 12.8 Å². The number of carbonyl (C=O) groups is 2. The molecule has 1 aliphatic heterocycles. The summed E-state index contributed by atoms with van der Waals surface area (Å²) in [7, 11) is 0. The molecule has 0 unspecified atom stereocenters. The molecule has 2 amide bonds. The number of nitrogens with zero attached hydrogens (tertiary/aromatic N) is 3. The summed E-state index contributed by atoms with van der Waals surface area (Å²) < 4.78 is 0. The lowest BCUT2D eigenvalue weighted by molar-refractivity contribution is -0.133. The van der Waals surface area contributed by atoms with Crippen LogP contribution in [0.4, 0.5) is 0 Å². The molecule has 5 nitrogen and oxygen atoms in total. The molecule has 1 saturated heterocycles. The van der Waals surface area contributed by atoms with Crippen molar-refractivity contribution in [3.05, 3.63) is 0 Å². The number of carbonyl (C=O) groups excluding carboxylic acids is 2. The van der Waals surface area contributed by atoms with Gasteiger partial charge < -0.3 is 0 Å². The molecular formula is C14H20ClN3O2. The fourth-order valence-electron chi connectivity index (χ4n) is 1.79. The van der Waals surface area contributed by atoms with E-state index >= 15 is 0 Å². The third-order valence-electron chi connectivity index (χ3n) is 3.68. The van der Waals surface area contributed by atoms with Gasteiger partial charge in [-0.05, 0) is 26.7 Å². The van der Waals surface area contributed by atoms with E-state index in [0.29, 0.717) is 12.8 Å². The second kappa shape index (κ2) is 5.92. The van der Waals surface area contributed by atoms with Crippen LogP contribution in [0, 0.1) is 11.3 Å². The van der Waals surface area contributed by atoms with Crippen molar-refractivity contribution >= 4 is 29.3 Å². The lowest BCUT2D eigenvalue weighted by atomic mass is 10.00. The highest BCUT2D eigenvalue weighted by Crippen LogP contribution is 2.29. The average molecular weight is 298 g/mol. The van der Waals surface area contributed by atoms with Gasteiger partial charge in [-0.15, -0.1) is 11.6 Å². The zero-order valence-corrected chi connectivity index (χ0v) is 13.1. The normalized spacial score (nSPS) is 22.4. The van der Waals surface area contributed by atoms with Crippen molar-refractivity contribution in [1.29, 1.82) is 5.26 Å². The Balaban J connectivity index is 3.38. The first kappa shape index (κ1) is 16.6. The molecule has 20 heavy (non-hydrogen) atoms. The number of hydrogen-bond donors (Lipinski definition) is 0. The van der Waals surface area contributed by atoms with E-state index in [0.717, 1.165) is 4.90 Å². The van der Waals surface area contributed by atoms with Crippen LogP contribution in [0.25, 0.3) is 0 Å². The maximum Gasteiger partial charge on any atom is 0.235 e. The number of likely N-dealkylation sites (tertiary alicyclic amines) is 1. The molecule has 0 bridgehead atoms. The molecule has 0 aromatic rings. The number of hydrogen-bond acceptors (Lipinski definition) is 4. The lowest BCUT2D eigenvalue weighted by Crippen LogP contribution is -2.48. The van der Waals surface area contributed by atoms with Crippen LogP contribution in [-0.2, 0) is 9.59 Å². The number of nitriles is 1. The van der Waals surface area contributed by atoms with Gasteiger partial charge in [-0.2, -0.15) is 5.26 Å². The Hall–Kier alpha value is -1.41. The highest BCUT2D eigenvalue weighted by Gasteiger charge is 2.42. The second-order valence-electron chi connectivity index (χ2n) is 5.35. The molecule has 6 heteroatoms. The Morgan fingerprint density at radius 1 is 1.30 bits per heavy atom. The van der Waals surface area contributed by atoms with Gasteiger partial charge in [0.2, 0.25) is 11.8 Å². The molecule has 0 aromatic heterocycles. The minimum Gasteiger partial charge on any atom is -0.274 e. The first-order chi connectivity index (χ1) is 9.20. The molecule has 2 atom stereocenters. The molecule has 110 valence electrons. The largest absolute Gasteiger partial charge is 0.274 e. The number of alkyl halides is 1. The quantitative estimate of drug-likeness (QED) is 0.346. The molecule has 1 fully saturated rings. The van der Waals surface area contributed by atoms with Crippen LogP contribution < -0.4 is 0 Å². The summed E-state index contributed by atoms with van der Waals surface area (Å²) in [5, 5.41) is 9.26. The van der Waals surface area contributed by atoms with Crippen molar-refractivity contribution in [2.75, 3.05) is 0 Å². The Bertz CT molecular complexity index is 477. The number of amides is 2. The summed E-state index contributed by atoms with van der Waals surface area (Å²) >= 11 is 6.43. The first-order valence-corrected chi connectivity index (χ1v) is 7.15. The highest BCUT2D eigenvalue weighted by atomic mass is 35.5. The molecule has 0 spiro atoms. The van der Waals surface area contributed by atoms with E-state index in [1.54, 1.807) is 13.8 Å². The molecule has 1 rings (SSSR count). The maximum absolute atomic E-state index is 11.9. The van der Waals surface area contributed by atoms with Crippen LogP contribution >= 0.6 is 11.6 Å². The predicted molar refractivity (Wildman–Crippen MR) is 77.4 cm³/mol. The number of amidine groups is 1.